The van der Waals surface area contributed by atoms with Crippen LogP contribution in [0.5, 0.6) is 0 Å². The molecule has 1 unspecified atom stereocenters. The van der Waals surface area contributed by atoms with Crippen LogP contribution in [0.3, 0.4) is 0 Å². The van der Waals surface area contributed by atoms with Crippen LogP contribution >= 0.6 is 0 Å². The normalized spacial score (nSPS) is 18.1. The number of carbonyl (C=O) groups is 1. The third kappa shape index (κ3) is 3.60. The molecule has 1 atom stereocenters. The first-order valence-electron chi connectivity index (χ1n) is 9.21. The maximum atomic E-state index is 12.6. The summed E-state index contributed by atoms with van der Waals surface area (Å²) in [5.41, 5.74) is 4.58. The van der Waals surface area contributed by atoms with E-state index in [1.807, 2.05) is 18.2 Å². The fraction of sp³-hybridized carbons (Fsp3) is 0.381. The van der Waals surface area contributed by atoms with Crippen LogP contribution in [0.25, 0.3) is 0 Å². The van der Waals surface area contributed by atoms with Crippen molar-refractivity contribution < 1.29 is 4.79 Å². The molecule has 1 saturated heterocycles. The fourth-order valence-corrected chi connectivity index (χ4v) is 3.91. The van der Waals surface area contributed by atoms with Crippen LogP contribution in [0, 0.1) is 0 Å². The summed E-state index contributed by atoms with van der Waals surface area (Å²) in [6, 6.07) is 16.8. The van der Waals surface area contributed by atoms with Gasteiger partial charge in [0.15, 0.2) is 0 Å². The average molecular weight is 335 g/mol. The Hall–Kier alpha value is -2.17. The Labute approximate surface area is 149 Å². The SMILES string of the molecule is O=C(NCC(c1ccccc1)N1CCCC1)c1ccc2c(c1)CNC2. The molecule has 2 aliphatic heterocycles. The van der Waals surface area contributed by atoms with Crippen LogP contribution in [0.2, 0.25) is 0 Å². The van der Waals surface area contributed by atoms with Gasteiger partial charge < -0.3 is 10.6 Å². The summed E-state index contributed by atoms with van der Waals surface area (Å²) in [4.78, 5) is 15.1. The van der Waals surface area contributed by atoms with Crippen LogP contribution in [0.4, 0.5) is 0 Å². The number of likely N-dealkylation sites (tertiary alicyclic amines) is 1. The van der Waals surface area contributed by atoms with Gasteiger partial charge in [0.25, 0.3) is 5.91 Å². The zero-order valence-electron chi connectivity index (χ0n) is 14.5. The molecule has 2 aliphatic rings. The molecule has 0 radical (unpaired) electrons. The van der Waals surface area contributed by atoms with Gasteiger partial charge in [0.2, 0.25) is 0 Å². The van der Waals surface area contributed by atoms with Crippen molar-refractivity contribution in [3.63, 3.8) is 0 Å². The first-order chi connectivity index (χ1) is 12.3. The molecule has 1 fully saturated rings. The Bertz CT molecular complexity index is 738. The van der Waals surface area contributed by atoms with Crippen molar-refractivity contribution in [3.05, 3.63) is 70.8 Å². The molecule has 0 saturated carbocycles. The Kier molecular flexibility index (Phi) is 4.81. The number of carbonyl (C=O) groups excluding carboxylic acids is 1. The molecule has 0 aromatic heterocycles. The van der Waals surface area contributed by atoms with Crippen molar-refractivity contribution >= 4 is 5.91 Å². The van der Waals surface area contributed by atoms with Crippen LogP contribution in [0.15, 0.2) is 48.5 Å². The number of amides is 1. The zero-order chi connectivity index (χ0) is 17.1. The summed E-state index contributed by atoms with van der Waals surface area (Å²) in [5, 5.41) is 6.49. The maximum absolute atomic E-state index is 12.6. The number of rotatable bonds is 5. The van der Waals surface area contributed by atoms with E-state index in [1.165, 1.54) is 29.5 Å². The van der Waals surface area contributed by atoms with E-state index in [1.54, 1.807) is 0 Å². The van der Waals surface area contributed by atoms with Gasteiger partial charge in [-0.3, -0.25) is 9.69 Å². The lowest BCUT2D eigenvalue weighted by molar-refractivity contribution is 0.0938. The highest BCUT2D eigenvalue weighted by molar-refractivity contribution is 5.94. The predicted octanol–water partition coefficient (Wildman–Crippen LogP) is 2.86. The predicted molar refractivity (Wildman–Crippen MR) is 99.3 cm³/mol. The molecule has 2 heterocycles. The van der Waals surface area contributed by atoms with Crippen LogP contribution in [-0.4, -0.2) is 30.4 Å². The van der Waals surface area contributed by atoms with Gasteiger partial charge in [0.05, 0.1) is 6.04 Å². The summed E-state index contributed by atoms with van der Waals surface area (Å²) in [5.74, 6) is 0.0230. The Morgan fingerprint density at radius 2 is 1.80 bits per heavy atom. The highest BCUT2D eigenvalue weighted by Crippen LogP contribution is 2.24. The molecule has 2 N–H and O–H groups in total. The molecule has 0 aliphatic carbocycles. The molecule has 25 heavy (non-hydrogen) atoms. The fourth-order valence-electron chi connectivity index (χ4n) is 3.91. The van der Waals surface area contributed by atoms with Crippen molar-refractivity contribution in [2.45, 2.75) is 32.0 Å². The summed E-state index contributed by atoms with van der Waals surface area (Å²) in [7, 11) is 0. The molecular weight excluding hydrogens is 310 g/mol. The Balaban J connectivity index is 1.46. The minimum atomic E-state index is 0.0230. The van der Waals surface area contributed by atoms with E-state index in [-0.39, 0.29) is 11.9 Å². The second-order valence-electron chi connectivity index (χ2n) is 6.97. The van der Waals surface area contributed by atoms with Gasteiger partial charge in [-0.15, -0.1) is 0 Å². The standard InChI is InChI=1S/C21H25N3O/c25-21(17-8-9-18-13-22-14-19(18)12-17)23-15-20(24-10-4-5-11-24)16-6-2-1-3-7-16/h1-3,6-9,12,20,22H,4-5,10-11,13-15H2,(H,23,25). The van der Waals surface area contributed by atoms with Crippen LogP contribution in [0.1, 0.15) is 45.9 Å². The quantitative estimate of drug-likeness (QED) is 0.883. The molecule has 4 rings (SSSR count). The first-order valence-corrected chi connectivity index (χ1v) is 9.21. The van der Waals surface area contributed by atoms with E-state index in [0.717, 1.165) is 31.7 Å². The summed E-state index contributed by atoms with van der Waals surface area (Å²) in [6.07, 6.45) is 2.49. The van der Waals surface area contributed by atoms with Crippen LogP contribution in [-0.2, 0) is 13.1 Å². The minimum Gasteiger partial charge on any atom is -0.350 e. The Morgan fingerprint density at radius 1 is 1.04 bits per heavy atom. The van der Waals surface area contributed by atoms with Crippen LogP contribution < -0.4 is 10.6 Å². The topological polar surface area (TPSA) is 44.4 Å². The summed E-state index contributed by atoms with van der Waals surface area (Å²) < 4.78 is 0. The number of nitrogens with one attached hydrogen (secondary N) is 2. The first kappa shape index (κ1) is 16.3. The molecule has 4 heteroatoms. The average Bonchev–Trinajstić information content (AvgIpc) is 3.34. The van der Waals surface area contributed by atoms with Gasteiger partial charge >= 0.3 is 0 Å². The number of nitrogens with zero attached hydrogens (tertiary/aromatic N) is 1. The molecule has 0 bridgehead atoms. The van der Waals surface area contributed by atoms with E-state index in [9.17, 15) is 4.79 Å². The molecule has 2 aromatic rings. The second kappa shape index (κ2) is 7.38. The van der Waals surface area contributed by atoms with Gasteiger partial charge in [-0.1, -0.05) is 36.4 Å². The van der Waals surface area contributed by atoms with Crippen molar-refractivity contribution in [1.29, 1.82) is 0 Å². The van der Waals surface area contributed by atoms with E-state index in [2.05, 4.69) is 45.9 Å². The van der Waals surface area contributed by atoms with E-state index in [4.69, 9.17) is 0 Å². The number of fused-ring (bicyclic) bond motifs is 1. The highest BCUT2D eigenvalue weighted by atomic mass is 16.1. The summed E-state index contributed by atoms with van der Waals surface area (Å²) >= 11 is 0. The Morgan fingerprint density at radius 3 is 2.60 bits per heavy atom. The monoisotopic (exact) mass is 335 g/mol. The lowest BCUT2D eigenvalue weighted by Crippen LogP contribution is -2.36. The molecule has 2 aromatic carbocycles. The second-order valence-corrected chi connectivity index (χ2v) is 6.97. The third-order valence-corrected chi connectivity index (χ3v) is 5.32. The van der Waals surface area contributed by atoms with E-state index >= 15 is 0 Å². The lowest BCUT2D eigenvalue weighted by Gasteiger charge is -2.28. The smallest absolute Gasteiger partial charge is 0.251 e. The molecule has 130 valence electrons. The summed E-state index contributed by atoms with van der Waals surface area (Å²) in [6.45, 7) is 4.64. The van der Waals surface area contributed by atoms with Gasteiger partial charge in [0, 0.05) is 25.2 Å². The molecule has 1 amide bonds. The zero-order valence-corrected chi connectivity index (χ0v) is 14.5. The van der Waals surface area contributed by atoms with Gasteiger partial charge in [-0.25, -0.2) is 0 Å². The van der Waals surface area contributed by atoms with Crippen molar-refractivity contribution in [1.82, 2.24) is 15.5 Å². The molecule has 4 nitrogen and oxygen atoms in total. The van der Waals surface area contributed by atoms with Gasteiger partial charge in [0.1, 0.15) is 0 Å². The van der Waals surface area contributed by atoms with Crippen molar-refractivity contribution in [3.8, 4) is 0 Å². The third-order valence-electron chi connectivity index (χ3n) is 5.32. The van der Waals surface area contributed by atoms with E-state index in [0.29, 0.717) is 6.54 Å². The maximum Gasteiger partial charge on any atom is 0.251 e. The van der Waals surface area contributed by atoms with Gasteiger partial charge in [-0.05, 0) is 54.8 Å². The largest absolute Gasteiger partial charge is 0.350 e. The number of benzene rings is 2. The molecule has 0 spiro atoms. The van der Waals surface area contributed by atoms with Crippen molar-refractivity contribution in [2.24, 2.45) is 0 Å². The number of hydrogen-bond donors (Lipinski definition) is 2. The van der Waals surface area contributed by atoms with Gasteiger partial charge in [-0.2, -0.15) is 0 Å². The highest BCUT2D eigenvalue weighted by Gasteiger charge is 2.24. The lowest BCUT2D eigenvalue weighted by atomic mass is 10.0. The van der Waals surface area contributed by atoms with E-state index < -0.39 is 0 Å². The number of hydrogen-bond acceptors (Lipinski definition) is 3. The molecular formula is C21H25N3O. The minimum absolute atomic E-state index is 0.0230. The van der Waals surface area contributed by atoms with Crippen molar-refractivity contribution in [2.75, 3.05) is 19.6 Å².